The summed E-state index contributed by atoms with van der Waals surface area (Å²) >= 11 is 1.14. The molecule has 2 N–H and O–H groups in total. The molecule has 0 unspecified atom stereocenters. The van der Waals surface area contributed by atoms with Gasteiger partial charge >= 0.3 is 0 Å². The van der Waals surface area contributed by atoms with Crippen molar-refractivity contribution in [2.24, 2.45) is 0 Å². The van der Waals surface area contributed by atoms with Crippen LogP contribution in [0.2, 0.25) is 0 Å². The van der Waals surface area contributed by atoms with E-state index in [1.807, 2.05) is 20.8 Å². The molecule has 1 fully saturated rings. The summed E-state index contributed by atoms with van der Waals surface area (Å²) in [5.74, 6) is 0.164. The number of halogens is 2. The Labute approximate surface area is 168 Å². The second kappa shape index (κ2) is 8.11. The van der Waals surface area contributed by atoms with Crippen LogP contribution in [-0.2, 0) is 0 Å². The molecule has 5 nitrogen and oxygen atoms in total. The van der Waals surface area contributed by atoms with Crippen LogP contribution in [0.1, 0.15) is 73.9 Å². The Bertz CT molecular complexity index is 854. The summed E-state index contributed by atoms with van der Waals surface area (Å²) in [6.45, 7) is 7.54. The van der Waals surface area contributed by atoms with Crippen molar-refractivity contribution in [3.63, 3.8) is 0 Å². The number of hydrogen-bond donors (Lipinski definition) is 2. The Balaban J connectivity index is 1.90. The quantitative estimate of drug-likeness (QED) is 0.701. The molecule has 0 atom stereocenters. The van der Waals surface area contributed by atoms with E-state index in [0.717, 1.165) is 37.0 Å². The number of aryl methyl sites for hydroxylation is 1. The van der Waals surface area contributed by atoms with Gasteiger partial charge in [-0.25, -0.2) is 18.7 Å². The summed E-state index contributed by atoms with van der Waals surface area (Å²) in [5.41, 5.74) is 0.474. The summed E-state index contributed by atoms with van der Waals surface area (Å²) in [7, 11) is 0. The van der Waals surface area contributed by atoms with Gasteiger partial charge in [-0.2, -0.15) is 0 Å². The van der Waals surface area contributed by atoms with Crippen LogP contribution in [0.4, 0.5) is 14.6 Å². The summed E-state index contributed by atoms with van der Waals surface area (Å²) in [4.78, 5) is 21.7. The Kier molecular flexibility index (Phi) is 5.98. The fraction of sp³-hybridized carbons (Fsp3) is 0.550. The molecular formula is C20H26F2N4OS. The average molecular weight is 409 g/mol. The van der Waals surface area contributed by atoms with Crippen LogP contribution in [0, 0.1) is 6.92 Å². The Morgan fingerprint density at radius 2 is 1.96 bits per heavy atom. The topological polar surface area (TPSA) is 66.9 Å². The van der Waals surface area contributed by atoms with Crippen molar-refractivity contribution >= 4 is 23.1 Å². The molecule has 8 heteroatoms. The second-order valence-corrected chi connectivity index (χ2v) is 9.22. The molecule has 0 saturated heterocycles. The lowest BCUT2D eigenvalue weighted by Crippen LogP contribution is -2.32. The number of hydrogen-bond acceptors (Lipinski definition) is 5. The van der Waals surface area contributed by atoms with E-state index < -0.39 is 6.43 Å². The van der Waals surface area contributed by atoms with E-state index in [-0.39, 0.29) is 23.1 Å². The van der Waals surface area contributed by atoms with Crippen LogP contribution >= 0.6 is 11.3 Å². The van der Waals surface area contributed by atoms with Gasteiger partial charge in [0.05, 0.1) is 10.6 Å². The molecule has 1 aliphatic rings. The summed E-state index contributed by atoms with van der Waals surface area (Å²) < 4.78 is 27.5. The number of nitrogens with zero attached hydrogens (tertiary/aromatic N) is 2. The third-order valence-corrected chi connectivity index (χ3v) is 5.79. The largest absolute Gasteiger partial charge is 0.365 e. The first-order valence-corrected chi connectivity index (χ1v) is 10.3. The van der Waals surface area contributed by atoms with E-state index in [0.29, 0.717) is 27.0 Å². The van der Waals surface area contributed by atoms with Gasteiger partial charge in [0, 0.05) is 28.9 Å². The van der Waals surface area contributed by atoms with Crippen molar-refractivity contribution in [3.8, 4) is 10.4 Å². The van der Waals surface area contributed by atoms with E-state index in [1.165, 1.54) is 12.3 Å². The number of rotatable bonds is 5. The van der Waals surface area contributed by atoms with Crippen molar-refractivity contribution in [2.75, 3.05) is 5.32 Å². The van der Waals surface area contributed by atoms with Gasteiger partial charge in [0.25, 0.3) is 12.3 Å². The number of pyridine rings is 1. The van der Waals surface area contributed by atoms with Gasteiger partial charge < -0.3 is 10.6 Å². The molecule has 0 bridgehead atoms. The first-order valence-electron chi connectivity index (χ1n) is 9.49. The number of anilines is 1. The predicted molar refractivity (Wildman–Crippen MR) is 108 cm³/mol. The van der Waals surface area contributed by atoms with Gasteiger partial charge in [0.15, 0.2) is 5.01 Å². The van der Waals surface area contributed by atoms with E-state index in [4.69, 9.17) is 0 Å². The highest BCUT2D eigenvalue weighted by Crippen LogP contribution is 2.37. The van der Waals surface area contributed by atoms with Crippen molar-refractivity contribution in [1.29, 1.82) is 0 Å². The SMILES string of the molecule is Cc1nc(C(=O)NC2CCCC2)sc1-c1cnc(NC(C)(C)C)cc1C(F)F. The molecule has 3 rings (SSSR count). The van der Waals surface area contributed by atoms with E-state index >= 15 is 0 Å². The number of carbonyl (C=O) groups is 1. The standard InChI is InChI=1S/C20H26F2N4OS/c1-11-16(28-19(24-11)18(27)25-12-7-5-6-8-12)14-10-23-15(26-20(2,3)4)9-13(14)17(21)22/h9-10,12,17H,5-8H2,1-4H3,(H,23,26)(H,25,27). The lowest BCUT2D eigenvalue weighted by molar-refractivity contribution is 0.0937. The van der Waals surface area contributed by atoms with Crippen LogP contribution in [0.15, 0.2) is 12.3 Å². The molecule has 1 aliphatic carbocycles. The molecular weight excluding hydrogens is 382 g/mol. The lowest BCUT2D eigenvalue weighted by Gasteiger charge is -2.22. The Morgan fingerprint density at radius 1 is 1.29 bits per heavy atom. The zero-order valence-corrected chi connectivity index (χ0v) is 17.4. The van der Waals surface area contributed by atoms with Gasteiger partial charge in [-0.15, -0.1) is 11.3 Å². The molecule has 0 aliphatic heterocycles. The van der Waals surface area contributed by atoms with Crippen LogP contribution in [0.3, 0.4) is 0 Å². The predicted octanol–water partition coefficient (Wildman–Crippen LogP) is 5.33. The van der Waals surface area contributed by atoms with Gasteiger partial charge in [0.2, 0.25) is 0 Å². The summed E-state index contributed by atoms with van der Waals surface area (Å²) in [6.07, 6.45) is 2.97. The molecule has 2 aromatic rings. The fourth-order valence-electron chi connectivity index (χ4n) is 3.35. The van der Waals surface area contributed by atoms with E-state index in [9.17, 15) is 13.6 Å². The maximum absolute atomic E-state index is 13.7. The van der Waals surface area contributed by atoms with Gasteiger partial charge in [-0.3, -0.25) is 4.79 Å². The maximum atomic E-state index is 13.7. The fourth-order valence-corrected chi connectivity index (χ4v) is 4.36. The van der Waals surface area contributed by atoms with Crippen LogP contribution in [-0.4, -0.2) is 27.5 Å². The number of carbonyl (C=O) groups excluding carboxylic acids is 1. The number of aromatic nitrogens is 2. The van der Waals surface area contributed by atoms with Crippen molar-refractivity contribution in [3.05, 3.63) is 28.5 Å². The van der Waals surface area contributed by atoms with E-state index in [2.05, 4.69) is 20.6 Å². The second-order valence-electron chi connectivity index (χ2n) is 8.22. The number of alkyl halides is 2. The lowest BCUT2D eigenvalue weighted by atomic mass is 10.1. The third kappa shape index (κ3) is 4.84. The normalized spacial score (nSPS) is 15.2. The minimum atomic E-state index is -2.66. The third-order valence-electron chi connectivity index (χ3n) is 4.60. The highest BCUT2D eigenvalue weighted by molar-refractivity contribution is 7.17. The van der Waals surface area contributed by atoms with Crippen molar-refractivity contribution in [1.82, 2.24) is 15.3 Å². The number of thiazole rings is 1. The van der Waals surface area contributed by atoms with Crippen molar-refractivity contribution < 1.29 is 13.6 Å². The average Bonchev–Trinajstić information content (AvgIpc) is 3.23. The first-order chi connectivity index (χ1) is 13.1. The number of nitrogens with one attached hydrogen (secondary N) is 2. The minimum Gasteiger partial charge on any atom is -0.365 e. The van der Waals surface area contributed by atoms with Gasteiger partial charge in [-0.1, -0.05) is 12.8 Å². The highest BCUT2D eigenvalue weighted by Gasteiger charge is 2.24. The molecule has 0 aromatic carbocycles. The molecule has 0 spiro atoms. The summed E-state index contributed by atoms with van der Waals surface area (Å²) in [5, 5.41) is 6.41. The zero-order valence-electron chi connectivity index (χ0n) is 16.6. The molecule has 2 heterocycles. The molecule has 2 aromatic heterocycles. The molecule has 1 saturated carbocycles. The van der Waals surface area contributed by atoms with Gasteiger partial charge in [-0.05, 0) is 46.6 Å². The van der Waals surface area contributed by atoms with Crippen LogP contribution in [0.5, 0.6) is 0 Å². The smallest absolute Gasteiger partial charge is 0.280 e. The molecule has 28 heavy (non-hydrogen) atoms. The summed E-state index contributed by atoms with van der Waals surface area (Å²) in [6, 6.07) is 1.56. The monoisotopic (exact) mass is 408 g/mol. The van der Waals surface area contributed by atoms with Crippen molar-refractivity contribution in [2.45, 2.75) is 71.4 Å². The Morgan fingerprint density at radius 3 is 2.57 bits per heavy atom. The highest BCUT2D eigenvalue weighted by atomic mass is 32.1. The molecule has 152 valence electrons. The number of amides is 1. The minimum absolute atomic E-state index is 0.115. The van der Waals surface area contributed by atoms with E-state index in [1.54, 1.807) is 6.92 Å². The van der Waals surface area contributed by atoms with Gasteiger partial charge in [0.1, 0.15) is 5.82 Å². The first kappa shape index (κ1) is 20.6. The molecule has 0 radical (unpaired) electrons. The molecule has 1 amide bonds. The Hall–Kier alpha value is -2.09. The zero-order chi connectivity index (χ0) is 20.5. The van der Waals surface area contributed by atoms with Crippen LogP contribution < -0.4 is 10.6 Å². The maximum Gasteiger partial charge on any atom is 0.280 e. The van der Waals surface area contributed by atoms with Crippen LogP contribution in [0.25, 0.3) is 10.4 Å².